The quantitative estimate of drug-likeness (QED) is 0.397. The molecule has 26 heavy (non-hydrogen) atoms. The minimum Gasteiger partial charge on any atom is -0.394 e. The number of carbonyl (C=O) groups excluding carboxylic acids is 4. The average Bonchev–Trinajstić information content (AvgIpc) is 3.30. The molecule has 10 heteroatoms. The molecule has 1 aromatic heterocycles. The summed E-state index contributed by atoms with van der Waals surface area (Å²) < 4.78 is 0. The van der Waals surface area contributed by atoms with Crippen LogP contribution in [0.3, 0.4) is 0 Å². The van der Waals surface area contributed by atoms with E-state index in [0.29, 0.717) is 31.4 Å². The standard InChI is InChI=1S/C16H23N5O5/c1-10(24)21-4-2-3-14(21)16(26)20-13(5-11-6-17-9-18-11)15(25)19-12(7-22)8-23/h6-7,9,12-14,23H,2-5,8H2,1H3,(H,17,18)(H,19,25)(H,20,26)/t12-,13+,14+/m1/s1. The summed E-state index contributed by atoms with van der Waals surface area (Å²) in [6.07, 6.45) is 4.75. The second-order valence-electron chi connectivity index (χ2n) is 6.15. The van der Waals surface area contributed by atoms with Gasteiger partial charge in [0.2, 0.25) is 17.7 Å². The Hall–Kier alpha value is -2.75. The van der Waals surface area contributed by atoms with Gasteiger partial charge in [0, 0.05) is 31.8 Å². The first-order valence-electron chi connectivity index (χ1n) is 8.37. The van der Waals surface area contributed by atoms with Crippen molar-refractivity contribution in [3.63, 3.8) is 0 Å². The lowest BCUT2D eigenvalue weighted by Gasteiger charge is -2.25. The Bertz CT molecular complexity index is 647. The number of hydrogen-bond acceptors (Lipinski definition) is 6. The van der Waals surface area contributed by atoms with Gasteiger partial charge in [0.1, 0.15) is 24.4 Å². The summed E-state index contributed by atoms with van der Waals surface area (Å²) in [5.74, 6) is -1.23. The zero-order valence-corrected chi connectivity index (χ0v) is 14.5. The van der Waals surface area contributed by atoms with E-state index in [-0.39, 0.29) is 12.3 Å². The van der Waals surface area contributed by atoms with E-state index in [4.69, 9.17) is 5.11 Å². The summed E-state index contributed by atoms with van der Waals surface area (Å²) in [6, 6.07) is -2.65. The first kappa shape index (κ1) is 19.6. The second-order valence-corrected chi connectivity index (χ2v) is 6.15. The molecule has 1 fully saturated rings. The van der Waals surface area contributed by atoms with Gasteiger partial charge in [0.15, 0.2) is 0 Å². The predicted molar refractivity (Wildman–Crippen MR) is 89.7 cm³/mol. The van der Waals surface area contributed by atoms with E-state index < -0.39 is 36.5 Å². The summed E-state index contributed by atoms with van der Waals surface area (Å²) >= 11 is 0. The first-order chi connectivity index (χ1) is 12.5. The molecule has 1 saturated heterocycles. The number of likely N-dealkylation sites (tertiary alicyclic amines) is 1. The Labute approximate surface area is 150 Å². The van der Waals surface area contributed by atoms with Gasteiger partial charge >= 0.3 is 0 Å². The van der Waals surface area contributed by atoms with E-state index in [9.17, 15) is 19.2 Å². The fourth-order valence-corrected chi connectivity index (χ4v) is 2.92. The number of nitrogens with one attached hydrogen (secondary N) is 3. The molecule has 4 N–H and O–H groups in total. The van der Waals surface area contributed by atoms with Crippen LogP contribution in [-0.4, -0.2) is 75.3 Å². The highest BCUT2D eigenvalue weighted by Gasteiger charge is 2.34. The molecule has 2 rings (SSSR count). The highest BCUT2D eigenvalue weighted by Crippen LogP contribution is 2.17. The minimum atomic E-state index is -1.05. The number of H-pyrrole nitrogens is 1. The zero-order chi connectivity index (χ0) is 19.1. The Balaban J connectivity index is 2.09. The van der Waals surface area contributed by atoms with E-state index in [2.05, 4.69) is 20.6 Å². The van der Waals surface area contributed by atoms with Crippen molar-refractivity contribution in [3.8, 4) is 0 Å². The Morgan fingerprint density at radius 1 is 1.46 bits per heavy atom. The number of rotatable bonds is 8. The molecule has 10 nitrogen and oxygen atoms in total. The highest BCUT2D eigenvalue weighted by atomic mass is 16.3. The average molecular weight is 365 g/mol. The molecule has 3 amide bonds. The molecule has 0 spiro atoms. The van der Waals surface area contributed by atoms with Gasteiger partial charge in [-0.2, -0.15) is 0 Å². The van der Waals surface area contributed by atoms with Crippen LogP contribution in [0, 0.1) is 0 Å². The third-order valence-corrected chi connectivity index (χ3v) is 4.26. The molecule has 2 heterocycles. The molecule has 0 saturated carbocycles. The van der Waals surface area contributed by atoms with E-state index in [1.165, 1.54) is 24.3 Å². The second kappa shape index (κ2) is 9.09. The fourth-order valence-electron chi connectivity index (χ4n) is 2.92. The number of nitrogens with zero attached hydrogens (tertiary/aromatic N) is 2. The molecular weight excluding hydrogens is 342 g/mol. The monoisotopic (exact) mass is 365 g/mol. The number of hydrogen-bond donors (Lipinski definition) is 4. The van der Waals surface area contributed by atoms with Gasteiger partial charge in [0.25, 0.3) is 0 Å². The van der Waals surface area contributed by atoms with Crippen molar-refractivity contribution in [2.45, 2.75) is 44.3 Å². The lowest BCUT2D eigenvalue weighted by molar-refractivity contribution is -0.138. The molecule has 1 aliphatic heterocycles. The van der Waals surface area contributed by atoms with Crippen LogP contribution in [0.1, 0.15) is 25.5 Å². The van der Waals surface area contributed by atoms with Gasteiger partial charge in [-0.3, -0.25) is 14.4 Å². The summed E-state index contributed by atoms with van der Waals surface area (Å²) in [5.41, 5.74) is 0.618. The number of aromatic amines is 1. The molecule has 1 aliphatic rings. The molecule has 1 aromatic rings. The summed E-state index contributed by atoms with van der Waals surface area (Å²) in [5, 5.41) is 14.1. The Morgan fingerprint density at radius 3 is 2.81 bits per heavy atom. The smallest absolute Gasteiger partial charge is 0.243 e. The molecule has 3 atom stereocenters. The van der Waals surface area contributed by atoms with Crippen LogP contribution >= 0.6 is 0 Å². The van der Waals surface area contributed by atoms with Crippen LogP contribution in [0.4, 0.5) is 0 Å². The summed E-state index contributed by atoms with van der Waals surface area (Å²) in [7, 11) is 0. The highest BCUT2D eigenvalue weighted by molar-refractivity contribution is 5.92. The van der Waals surface area contributed by atoms with Gasteiger partial charge in [-0.25, -0.2) is 4.98 Å². The largest absolute Gasteiger partial charge is 0.394 e. The maximum atomic E-state index is 12.6. The van der Waals surface area contributed by atoms with Gasteiger partial charge < -0.3 is 30.4 Å². The van der Waals surface area contributed by atoms with Gasteiger partial charge in [0.05, 0.1) is 12.9 Å². The van der Waals surface area contributed by atoms with Crippen LogP contribution in [0.5, 0.6) is 0 Å². The number of aldehydes is 1. The number of amides is 3. The number of aromatic nitrogens is 2. The molecule has 0 radical (unpaired) electrons. The number of aliphatic hydroxyl groups excluding tert-OH is 1. The summed E-state index contributed by atoms with van der Waals surface area (Å²) in [6.45, 7) is 1.36. The van der Waals surface area contributed by atoms with Crippen LogP contribution in [0.2, 0.25) is 0 Å². The number of carbonyl (C=O) groups is 4. The Kier molecular flexibility index (Phi) is 6.84. The minimum absolute atomic E-state index is 0.126. The van der Waals surface area contributed by atoms with Crippen molar-refractivity contribution in [2.24, 2.45) is 0 Å². The van der Waals surface area contributed by atoms with Crippen molar-refractivity contribution < 1.29 is 24.3 Å². The molecular formula is C16H23N5O5. The van der Waals surface area contributed by atoms with Crippen molar-refractivity contribution in [1.29, 1.82) is 0 Å². The lowest BCUT2D eigenvalue weighted by atomic mass is 10.1. The van der Waals surface area contributed by atoms with Gasteiger partial charge in [-0.05, 0) is 12.8 Å². The topological polar surface area (TPSA) is 144 Å². The van der Waals surface area contributed by atoms with Crippen LogP contribution in [-0.2, 0) is 25.6 Å². The maximum absolute atomic E-state index is 12.6. The van der Waals surface area contributed by atoms with E-state index >= 15 is 0 Å². The third-order valence-electron chi connectivity index (χ3n) is 4.26. The first-order valence-corrected chi connectivity index (χ1v) is 8.37. The van der Waals surface area contributed by atoms with Crippen molar-refractivity contribution in [1.82, 2.24) is 25.5 Å². The normalized spacial score (nSPS) is 18.8. The lowest BCUT2D eigenvalue weighted by Crippen LogP contribution is -2.55. The van der Waals surface area contributed by atoms with Crippen molar-refractivity contribution in [3.05, 3.63) is 18.2 Å². The SMILES string of the molecule is CC(=O)N1CCC[C@H]1C(=O)N[C@@H](Cc1cnc[nH]1)C(=O)N[C@H](C=O)CO. The van der Waals surface area contributed by atoms with Crippen LogP contribution in [0.25, 0.3) is 0 Å². The molecule has 0 aromatic carbocycles. The molecule has 142 valence electrons. The molecule has 0 aliphatic carbocycles. The fraction of sp³-hybridized carbons (Fsp3) is 0.562. The number of imidazole rings is 1. The number of aliphatic hydroxyl groups is 1. The van der Waals surface area contributed by atoms with Gasteiger partial charge in [-0.1, -0.05) is 0 Å². The Morgan fingerprint density at radius 2 is 2.23 bits per heavy atom. The van der Waals surface area contributed by atoms with Crippen molar-refractivity contribution >= 4 is 24.0 Å². The third kappa shape index (κ3) is 4.88. The maximum Gasteiger partial charge on any atom is 0.243 e. The van der Waals surface area contributed by atoms with E-state index in [1.54, 1.807) is 0 Å². The van der Waals surface area contributed by atoms with Crippen molar-refractivity contribution in [2.75, 3.05) is 13.2 Å². The van der Waals surface area contributed by atoms with Crippen LogP contribution < -0.4 is 10.6 Å². The predicted octanol–water partition coefficient (Wildman–Crippen LogP) is -1.88. The molecule has 0 bridgehead atoms. The zero-order valence-electron chi connectivity index (χ0n) is 14.5. The van der Waals surface area contributed by atoms with Crippen LogP contribution in [0.15, 0.2) is 12.5 Å². The van der Waals surface area contributed by atoms with E-state index in [1.807, 2.05) is 0 Å². The van der Waals surface area contributed by atoms with E-state index in [0.717, 1.165) is 0 Å². The molecule has 0 unspecified atom stereocenters. The summed E-state index contributed by atoms with van der Waals surface area (Å²) in [4.78, 5) is 55.7. The van der Waals surface area contributed by atoms with Gasteiger partial charge in [-0.15, -0.1) is 0 Å².